The van der Waals surface area contributed by atoms with Crippen LogP contribution in [-0.4, -0.2) is 82.3 Å². The van der Waals surface area contributed by atoms with Gasteiger partial charge in [-0.25, -0.2) is 0 Å². The minimum absolute atomic E-state index is 0.0324. The quantitative estimate of drug-likeness (QED) is 0.844. The highest BCUT2D eigenvalue weighted by molar-refractivity contribution is 4.95. The number of likely N-dealkylation sites (tertiary alicyclic amines) is 1. The minimum atomic E-state index is -0.0324. The van der Waals surface area contributed by atoms with Gasteiger partial charge >= 0.3 is 0 Å². The maximum absolute atomic E-state index is 9.18. The van der Waals surface area contributed by atoms with E-state index in [4.69, 9.17) is 0 Å². The molecular formula is C21H43N3O. The Morgan fingerprint density at radius 1 is 0.840 bits per heavy atom. The van der Waals surface area contributed by atoms with Gasteiger partial charge in [0.25, 0.3) is 0 Å². The fourth-order valence-electron chi connectivity index (χ4n) is 4.63. The Bertz CT molecular complexity index is 385. The molecule has 2 heterocycles. The molecular weight excluding hydrogens is 310 g/mol. The van der Waals surface area contributed by atoms with Gasteiger partial charge < -0.3 is 10.0 Å². The van der Waals surface area contributed by atoms with Gasteiger partial charge in [-0.15, -0.1) is 0 Å². The second-order valence-corrected chi connectivity index (χ2v) is 9.52. The van der Waals surface area contributed by atoms with Crippen molar-refractivity contribution < 1.29 is 5.11 Å². The van der Waals surface area contributed by atoms with Crippen LogP contribution < -0.4 is 0 Å². The van der Waals surface area contributed by atoms with Crippen LogP contribution in [0.3, 0.4) is 0 Å². The summed E-state index contributed by atoms with van der Waals surface area (Å²) < 4.78 is 0. The van der Waals surface area contributed by atoms with Gasteiger partial charge in [-0.3, -0.25) is 9.80 Å². The van der Waals surface area contributed by atoms with Crippen molar-refractivity contribution in [3.05, 3.63) is 0 Å². The molecule has 0 aromatic carbocycles. The zero-order valence-corrected chi connectivity index (χ0v) is 17.7. The lowest BCUT2D eigenvalue weighted by Gasteiger charge is -2.52. The molecule has 1 saturated carbocycles. The highest BCUT2D eigenvalue weighted by Crippen LogP contribution is 2.31. The number of aliphatic hydroxyl groups excluding tert-OH is 1. The molecule has 4 nitrogen and oxygen atoms in total. The van der Waals surface area contributed by atoms with Crippen LogP contribution >= 0.6 is 0 Å². The van der Waals surface area contributed by atoms with Crippen molar-refractivity contribution in [3.63, 3.8) is 0 Å². The van der Waals surface area contributed by atoms with Crippen molar-refractivity contribution in [3.8, 4) is 0 Å². The zero-order chi connectivity index (χ0) is 18.6. The summed E-state index contributed by atoms with van der Waals surface area (Å²) in [4.78, 5) is 7.79. The van der Waals surface area contributed by atoms with Gasteiger partial charge in [0.15, 0.2) is 0 Å². The second kappa shape index (κ2) is 9.16. The smallest absolute Gasteiger partial charge is 0.0564 e. The summed E-state index contributed by atoms with van der Waals surface area (Å²) >= 11 is 0. The van der Waals surface area contributed by atoms with Gasteiger partial charge in [-0.1, -0.05) is 6.42 Å². The number of piperazine rings is 1. The van der Waals surface area contributed by atoms with E-state index in [2.05, 4.69) is 56.2 Å². The first-order valence-corrected chi connectivity index (χ1v) is 10.6. The number of nitrogens with zero attached hydrogens (tertiary/aromatic N) is 3. The molecule has 0 unspecified atom stereocenters. The van der Waals surface area contributed by atoms with E-state index in [1.54, 1.807) is 0 Å². The molecule has 0 aromatic rings. The fourth-order valence-corrected chi connectivity index (χ4v) is 4.63. The molecule has 25 heavy (non-hydrogen) atoms. The first kappa shape index (κ1) is 21.1. The third kappa shape index (κ3) is 5.92. The summed E-state index contributed by atoms with van der Waals surface area (Å²) in [7, 11) is 0. The van der Waals surface area contributed by atoms with Gasteiger partial charge in [-0.2, -0.15) is 0 Å². The summed E-state index contributed by atoms with van der Waals surface area (Å²) in [5, 5.41) is 9.18. The Labute approximate surface area is 156 Å². The maximum Gasteiger partial charge on any atom is 0.0564 e. The maximum atomic E-state index is 9.18. The van der Waals surface area contributed by atoms with Gasteiger partial charge in [0.2, 0.25) is 0 Å². The summed E-state index contributed by atoms with van der Waals surface area (Å²) in [6, 6.07) is 2.25. The van der Waals surface area contributed by atoms with Gasteiger partial charge in [0.1, 0.15) is 0 Å². The molecule has 2 aliphatic heterocycles. The molecule has 148 valence electrons. The molecule has 3 fully saturated rings. The zero-order valence-electron chi connectivity index (χ0n) is 17.7. The molecule has 0 atom stereocenters. The molecule has 0 amide bonds. The van der Waals surface area contributed by atoms with Gasteiger partial charge in [0.05, 0.1) is 6.10 Å². The molecule has 0 radical (unpaired) electrons. The number of hydrogen-bond donors (Lipinski definition) is 1. The monoisotopic (exact) mass is 353 g/mol. The van der Waals surface area contributed by atoms with Crippen LogP contribution in [0.25, 0.3) is 0 Å². The number of hydrogen-bond acceptors (Lipinski definition) is 4. The van der Waals surface area contributed by atoms with Crippen LogP contribution in [-0.2, 0) is 0 Å². The van der Waals surface area contributed by atoms with E-state index in [9.17, 15) is 5.11 Å². The van der Waals surface area contributed by atoms with E-state index >= 15 is 0 Å². The SMILES string of the molecule is CC(C)N1CCC(O)CC1.CC(C)N1CCN(C2CCC2)CC1(C)C. The van der Waals surface area contributed by atoms with E-state index in [0.717, 1.165) is 32.0 Å². The number of piperidine rings is 1. The number of aliphatic hydroxyl groups is 1. The largest absolute Gasteiger partial charge is 0.393 e. The van der Waals surface area contributed by atoms with Crippen LogP contribution in [0.2, 0.25) is 0 Å². The van der Waals surface area contributed by atoms with E-state index < -0.39 is 0 Å². The predicted octanol–water partition coefficient (Wildman–Crippen LogP) is 3.20. The van der Waals surface area contributed by atoms with E-state index in [1.165, 1.54) is 38.9 Å². The van der Waals surface area contributed by atoms with Crippen LogP contribution in [0, 0.1) is 0 Å². The van der Waals surface area contributed by atoms with Crippen LogP contribution in [0.4, 0.5) is 0 Å². The molecule has 2 saturated heterocycles. The molecule has 0 spiro atoms. The minimum Gasteiger partial charge on any atom is -0.393 e. The lowest BCUT2D eigenvalue weighted by molar-refractivity contribution is -0.0324. The standard InChI is InChI=1S/C13H26N2.C8H17NO/c1-11(2)15-9-8-14(10-13(15,3)4)12-6-5-7-12;1-7(2)9-5-3-8(10)4-6-9/h11-12H,5-10H2,1-4H3;7-8,10H,3-6H2,1-2H3. The van der Waals surface area contributed by atoms with Crippen molar-refractivity contribution >= 4 is 0 Å². The van der Waals surface area contributed by atoms with Crippen molar-refractivity contribution in [2.45, 2.75) is 103 Å². The molecule has 0 bridgehead atoms. The Kier molecular flexibility index (Phi) is 7.75. The molecule has 3 rings (SSSR count). The Balaban J connectivity index is 0.000000196. The van der Waals surface area contributed by atoms with Crippen LogP contribution in [0.5, 0.6) is 0 Å². The first-order chi connectivity index (χ1) is 11.7. The van der Waals surface area contributed by atoms with Crippen LogP contribution in [0.1, 0.15) is 73.6 Å². The van der Waals surface area contributed by atoms with E-state index in [-0.39, 0.29) is 6.10 Å². The molecule has 4 heteroatoms. The molecule has 1 N–H and O–H groups in total. The summed E-state index contributed by atoms with van der Waals surface area (Å²) in [6.45, 7) is 19.8. The summed E-state index contributed by atoms with van der Waals surface area (Å²) in [5.41, 5.74) is 0.363. The van der Waals surface area contributed by atoms with Gasteiger partial charge in [-0.05, 0) is 67.2 Å². The highest BCUT2D eigenvalue weighted by Gasteiger charge is 2.38. The average molecular weight is 354 g/mol. The van der Waals surface area contributed by atoms with Crippen molar-refractivity contribution in [2.75, 3.05) is 32.7 Å². The lowest BCUT2D eigenvalue weighted by atomic mass is 9.88. The first-order valence-electron chi connectivity index (χ1n) is 10.6. The van der Waals surface area contributed by atoms with Crippen molar-refractivity contribution in [2.24, 2.45) is 0 Å². The third-order valence-electron chi connectivity index (χ3n) is 6.44. The fraction of sp³-hybridized carbons (Fsp3) is 1.00. The van der Waals surface area contributed by atoms with Gasteiger partial charge in [0, 0.05) is 56.4 Å². The van der Waals surface area contributed by atoms with Crippen molar-refractivity contribution in [1.29, 1.82) is 0 Å². The molecule has 3 aliphatic rings. The lowest BCUT2D eigenvalue weighted by Crippen LogP contribution is -2.63. The molecule has 1 aliphatic carbocycles. The summed E-state index contributed by atoms with van der Waals surface area (Å²) in [5.74, 6) is 0. The molecule has 0 aromatic heterocycles. The third-order valence-corrected chi connectivity index (χ3v) is 6.44. The Hall–Kier alpha value is -0.160. The predicted molar refractivity (Wildman–Crippen MR) is 107 cm³/mol. The number of rotatable bonds is 3. The van der Waals surface area contributed by atoms with E-state index in [1.807, 2.05) is 0 Å². The van der Waals surface area contributed by atoms with Crippen molar-refractivity contribution in [1.82, 2.24) is 14.7 Å². The van der Waals surface area contributed by atoms with Crippen LogP contribution in [0.15, 0.2) is 0 Å². The average Bonchev–Trinajstić information content (AvgIpc) is 2.45. The topological polar surface area (TPSA) is 30.0 Å². The Morgan fingerprint density at radius 3 is 1.84 bits per heavy atom. The highest BCUT2D eigenvalue weighted by atomic mass is 16.3. The normalized spacial score (nSPS) is 27.2. The Morgan fingerprint density at radius 2 is 1.44 bits per heavy atom. The summed E-state index contributed by atoms with van der Waals surface area (Å²) in [6.07, 6.45) is 6.22. The van der Waals surface area contributed by atoms with E-state index in [0.29, 0.717) is 17.6 Å². The second-order valence-electron chi connectivity index (χ2n) is 9.52.